The average Bonchev–Trinajstić information content (AvgIpc) is 3.18. The zero-order valence-corrected chi connectivity index (χ0v) is 15.7. The molecule has 0 saturated carbocycles. The molecule has 2 aliphatic heterocycles. The third-order valence-electron chi connectivity index (χ3n) is 5.73. The number of ether oxygens (including phenoxy) is 1. The normalized spacial score (nSPS) is 18.6. The minimum atomic E-state index is 0.249. The molecular weight excluding hydrogens is 338 g/mol. The number of hydrogen-bond donors (Lipinski definition) is 1. The molecule has 140 valence electrons. The number of benzene rings is 1. The molecule has 0 bridgehead atoms. The van der Waals surface area contributed by atoms with Crippen LogP contribution in [-0.2, 0) is 13.0 Å². The number of aromatic nitrogens is 3. The first kappa shape index (κ1) is 16.6. The SMILES string of the molecule is CN1CCc2nnc(N3CCC(Oc4cccc5[nH]ccc45)CC3)cc2C1. The molecule has 1 saturated heterocycles. The molecule has 0 unspecified atom stereocenters. The third kappa shape index (κ3) is 3.25. The van der Waals surface area contributed by atoms with Gasteiger partial charge in [0.2, 0.25) is 0 Å². The van der Waals surface area contributed by atoms with Crippen LogP contribution in [0.15, 0.2) is 36.5 Å². The van der Waals surface area contributed by atoms with E-state index in [4.69, 9.17) is 4.74 Å². The zero-order chi connectivity index (χ0) is 18.2. The van der Waals surface area contributed by atoms with E-state index in [1.807, 2.05) is 12.3 Å². The Kier molecular flexibility index (Phi) is 4.20. The van der Waals surface area contributed by atoms with Gasteiger partial charge < -0.3 is 19.5 Å². The molecule has 1 aromatic carbocycles. The van der Waals surface area contributed by atoms with Crippen molar-refractivity contribution in [1.82, 2.24) is 20.1 Å². The number of hydrogen-bond acceptors (Lipinski definition) is 5. The summed E-state index contributed by atoms with van der Waals surface area (Å²) < 4.78 is 6.33. The highest BCUT2D eigenvalue weighted by molar-refractivity contribution is 5.85. The number of H-pyrrole nitrogens is 1. The van der Waals surface area contributed by atoms with Crippen LogP contribution < -0.4 is 9.64 Å². The Morgan fingerprint density at radius 1 is 1.11 bits per heavy atom. The van der Waals surface area contributed by atoms with Crippen LogP contribution in [-0.4, -0.2) is 52.9 Å². The summed E-state index contributed by atoms with van der Waals surface area (Å²) in [6.07, 6.45) is 5.21. The van der Waals surface area contributed by atoms with E-state index in [1.54, 1.807) is 0 Å². The standard InChI is InChI=1S/C21H25N5O/c1-25-10-8-18-15(14-25)13-21(24-23-18)26-11-6-16(7-12-26)27-20-4-2-3-19-17(20)5-9-22-19/h2-5,9,13,16,22H,6-8,10-12,14H2,1H3. The van der Waals surface area contributed by atoms with Gasteiger partial charge in [0, 0.05) is 62.5 Å². The lowest BCUT2D eigenvalue weighted by Gasteiger charge is -2.33. The molecule has 27 heavy (non-hydrogen) atoms. The highest BCUT2D eigenvalue weighted by Crippen LogP contribution is 2.29. The quantitative estimate of drug-likeness (QED) is 0.775. The van der Waals surface area contributed by atoms with E-state index in [-0.39, 0.29) is 6.10 Å². The minimum Gasteiger partial charge on any atom is -0.490 e. The average molecular weight is 363 g/mol. The first-order valence-corrected chi connectivity index (χ1v) is 9.78. The molecule has 0 aliphatic carbocycles. The lowest BCUT2D eigenvalue weighted by molar-refractivity contribution is 0.173. The molecule has 2 aliphatic rings. The van der Waals surface area contributed by atoms with Gasteiger partial charge in [0.05, 0.1) is 5.69 Å². The summed E-state index contributed by atoms with van der Waals surface area (Å²) in [7, 11) is 2.16. The molecule has 2 aromatic heterocycles. The Balaban J connectivity index is 1.25. The molecule has 1 N–H and O–H groups in total. The first-order valence-electron chi connectivity index (χ1n) is 9.78. The maximum absolute atomic E-state index is 6.33. The number of rotatable bonds is 3. The molecule has 5 rings (SSSR count). The highest BCUT2D eigenvalue weighted by Gasteiger charge is 2.24. The van der Waals surface area contributed by atoms with Gasteiger partial charge >= 0.3 is 0 Å². The van der Waals surface area contributed by atoms with Crippen LogP contribution in [0.4, 0.5) is 5.82 Å². The third-order valence-corrected chi connectivity index (χ3v) is 5.73. The summed E-state index contributed by atoms with van der Waals surface area (Å²) in [6.45, 7) is 3.95. The van der Waals surface area contributed by atoms with Gasteiger partial charge in [0.25, 0.3) is 0 Å². The van der Waals surface area contributed by atoms with Crippen molar-refractivity contribution in [2.75, 3.05) is 31.6 Å². The van der Waals surface area contributed by atoms with Crippen LogP contribution >= 0.6 is 0 Å². The Labute approximate surface area is 159 Å². The maximum Gasteiger partial charge on any atom is 0.151 e. The fourth-order valence-corrected chi connectivity index (χ4v) is 4.15. The fraction of sp³-hybridized carbons (Fsp3) is 0.429. The van der Waals surface area contributed by atoms with Gasteiger partial charge in [-0.05, 0) is 36.9 Å². The number of piperidine rings is 1. The Morgan fingerprint density at radius 3 is 2.89 bits per heavy atom. The van der Waals surface area contributed by atoms with Crippen LogP contribution in [0.2, 0.25) is 0 Å². The summed E-state index contributed by atoms with van der Waals surface area (Å²) >= 11 is 0. The van der Waals surface area contributed by atoms with E-state index in [1.165, 1.54) is 5.56 Å². The van der Waals surface area contributed by atoms with Gasteiger partial charge in [0.15, 0.2) is 5.82 Å². The van der Waals surface area contributed by atoms with Gasteiger partial charge in [-0.25, -0.2) is 0 Å². The molecule has 0 spiro atoms. The van der Waals surface area contributed by atoms with E-state index in [9.17, 15) is 0 Å². The maximum atomic E-state index is 6.33. The minimum absolute atomic E-state index is 0.249. The van der Waals surface area contributed by atoms with Crippen molar-refractivity contribution < 1.29 is 4.74 Å². The largest absolute Gasteiger partial charge is 0.490 e. The van der Waals surface area contributed by atoms with Gasteiger partial charge in [0.1, 0.15) is 11.9 Å². The first-order chi connectivity index (χ1) is 13.3. The Hall–Kier alpha value is -2.60. The van der Waals surface area contributed by atoms with Gasteiger partial charge in [-0.2, -0.15) is 5.10 Å². The predicted molar refractivity (Wildman–Crippen MR) is 106 cm³/mol. The van der Waals surface area contributed by atoms with Crippen molar-refractivity contribution in [3.8, 4) is 5.75 Å². The van der Waals surface area contributed by atoms with E-state index < -0.39 is 0 Å². The predicted octanol–water partition coefficient (Wildman–Crippen LogP) is 2.99. The second-order valence-electron chi connectivity index (χ2n) is 7.66. The molecule has 0 radical (unpaired) electrons. The molecule has 6 nitrogen and oxygen atoms in total. The topological polar surface area (TPSA) is 57.3 Å². The van der Waals surface area contributed by atoms with Crippen molar-refractivity contribution in [1.29, 1.82) is 0 Å². The number of aromatic amines is 1. The summed E-state index contributed by atoms with van der Waals surface area (Å²) in [6, 6.07) is 10.5. The number of nitrogens with one attached hydrogen (secondary N) is 1. The second kappa shape index (κ2) is 6.85. The van der Waals surface area contributed by atoms with Gasteiger partial charge in [-0.15, -0.1) is 5.10 Å². The van der Waals surface area contributed by atoms with Crippen molar-refractivity contribution in [3.63, 3.8) is 0 Å². The number of nitrogens with zero attached hydrogens (tertiary/aromatic N) is 4. The molecule has 3 aromatic rings. The molecule has 0 atom stereocenters. The Morgan fingerprint density at radius 2 is 2.00 bits per heavy atom. The lowest BCUT2D eigenvalue weighted by Crippen LogP contribution is -2.39. The highest BCUT2D eigenvalue weighted by atomic mass is 16.5. The Bertz CT molecular complexity index is 945. The van der Waals surface area contributed by atoms with Crippen LogP contribution in [0.1, 0.15) is 24.1 Å². The fourth-order valence-electron chi connectivity index (χ4n) is 4.15. The van der Waals surface area contributed by atoms with Crippen molar-refractivity contribution >= 4 is 16.7 Å². The summed E-state index contributed by atoms with van der Waals surface area (Å²) in [5, 5.41) is 10.1. The summed E-state index contributed by atoms with van der Waals surface area (Å²) in [4.78, 5) is 7.94. The number of likely N-dealkylation sites (N-methyl/N-ethyl adjacent to an activating group) is 1. The van der Waals surface area contributed by atoms with Gasteiger partial charge in [-0.1, -0.05) is 6.07 Å². The second-order valence-corrected chi connectivity index (χ2v) is 7.66. The number of fused-ring (bicyclic) bond motifs is 2. The molecule has 1 fully saturated rings. The molecule has 4 heterocycles. The van der Waals surface area contributed by atoms with Crippen LogP contribution in [0.3, 0.4) is 0 Å². The molecular formula is C21H25N5O. The van der Waals surface area contributed by atoms with Crippen molar-refractivity contribution in [2.24, 2.45) is 0 Å². The van der Waals surface area contributed by atoms with E-state index >= 15 is 0 Å². The van der Waals surface area contributed by atoms with Crippen molar-refractivity contribution in [2.45, 2.75) is 31.9 Å². The van der Waals surface area contributed by atoms with Crippen LogP contribution in [0.5, 0.6) is 5.75 Å². The van der Waals surface area contributed by atoms with E-state index in [2.05, 4.69) is 56.3 Å². The molecule has 0 amide bonds. The summed E-state index contributed by atoms with van der Waals surface area (Å²) in [5.41, 5.74) is 3.61. The smallest absolute Gasteiger partial charge is 0.151 e. The number of anilines is 1. The van der Waals surface area contributed by atoms with Crippen LogP contribution in [0, 0.1) is 0 Å². The molecule has 6 heteroatoms. The van der Waals surface area contributed by atoms with E-state index in [0.29, 0.717) is 0 Å². The van der Waals surface area contributed by atoms with Crippen molar-refractivity contribution in [3.05, 3.63) is 47.8 Å². The van der Waals surface area contributed by atoms with Crippen LogP contribution in [0.25, 0.3) is 10.9 Å². The zero-order valence-electron chi connectivity index (χ0n) is 15.7. The van der Waals surface area contributed by atoms with Gasteiger partial charge in [-0.3, -0.25) is 0 Å². The monoisotopic (exact) mass is 363 g/mol. The van der Waals surface area contributed by atoms with E-state index in [0.717, 1.165) is 73.6 Å². The lowest BCUT2D eigenvalue weighted by atomic mass is 10.1. The summed E-state index contributed by atoms with van der Waals surface area (Å²) in [5.74, 6) is 1.99.